The second kappa shape index (κ2) is 8.21. The monoisotopic (exact) mass is 401 g/mol. The number of urea groups is 1. The maximum atomic E-state index is 13.4. The average molecular weight is 401 g/mol. The van der Waals surface area contributed by atoms with E-state index in [0.29, 0.717) is 28.2 Å². The molecule has 5 nitrogen and oxygen atoms in total. The third-order valence-electron chi connectivity index (χ3n) is 4.98. The Morgan fingerprint density at radius 1 is 0.933 bits per heavy atom. The second-order valence-corrected chi connectivity index (χ2v) is 6.92. The SMILES string of the molecule is CC1=C(C(=O)Nc2ccccc2)C(c2ccc(F)cc2)NC(=O)N1c1ccccc1. The van der Waals surface area contributed by atoms with E-state index in [1.54, 1.807) is 43.3 Å². The largest absolute Gasteiger partial charge is 0.326 e. The number of nitrogens with zero attached hydrogens (tertiary/aromatic N) is 1. The van der Waals surface area contributed by atoms with Crippen molar-refractivity contribution in [3.05, 3.63) is 108 Å². The van der Waals surface area contributed by atoms with Crippen LogP contribution in [0.1, 0.15) is 18.5 Å². The Kier molecular flexibility index (Phi) is 5.30. The van der Waals surface area contributed by atoms with Crippen LogP contribution in [0.25, 0.3) is 0 Å². The molecule has 0 aromatic heterocycles. The maximum Gasteiger partial charge on any atom is 0.326 e. The highest BCUT2D eigenvalue weighted by Gasteiger charge is 2.36. The molecule has 3 amide bonds. The number of rotatable bonds is 4. The first-order valence-corrected chi connectivity index (χ1v) is 9.53. The lowest BCUT2D eigenvalue weighted by atomic mass is 9.94. The average Bonchev–Trinajstić information content (AvgIpc) is 2.75. The molecular formula is C24H20FN3O2. The number of allylic oxidation sites excluding steroid dienone is 1. The molecule has 6 heteroatoms. The van der Waals surface area contributed by atoms with Crippen LogP contribution in [0, 0.1) is 5.82 Å². The number of anilines is 2. The topological polar surface area (TPSA) is 61.4 Å². The number of nitrogens with one attached hydrogen (secondary N) is 2. The van der Waals surface area contributed by atoms with Crippen molar-refractivity contribution in [3.63, 3.8) is 0 Å². The zero-order valence-electron chi connectivity index (χ0n) is 16.3. The van der Waals surface area contributed by atoms with Gasteiger partial charge in [0.1, 0.15) is 5.82 Å². The number of halogens is 1. The van der Waals surface area contributed by atoms with Crippen molar-refractivity contribution < 1.29 is 14.0 Å². The molecule has 3 aromatic rings. The molecule has 0 fully saturated rings. The molecule has 1 atom stereocenters. The molecule has 0 aliphatic carbocycles. The van der Waals surface area contributed by atoms with Gasteiger partial charge in [-0.15, -0.1) is 0 Å². The molecule has 1 unspecified atom stereocenters. The van der Waals surface area contributed by atoms with Gasteiger partial charge in [-0.1, -0.05) is 48.5 Å². The summed E-state index contributed by atoms with van der Waals surface area (Å²) in [7, 11) is 0. The summed E-state index contributed by atoms with van der Waals surface area (Å²) in [6.45, 7) is 1.74. The zero-order chi connectivity index (χ0) is 21.1. The van der Waals surface area contributed by atoms with E-state index < -0.39 is 6.04 Å². The van der Waals surface area contributed by atoms with Crippen LogP contribution >= 0.6 is 0 Å². The third-order valence-corrected chi connectivity index (χ3v) is 4.98. The number of carbonyl (C=O) groups is 2. The first-order valence-electron chi connectivity index (χ1n) is 9.53. The molecule has 2 N–H and O–H groups in total. The van der Waals surface area contributed by atoms with Gasteiger partial charge in [-0.2, -0.15) is 0 Å². The van der Waals surface area contributed by atoms with Gasteiger partial charge in [-0.3, -0.25) is 9.69 Å². The maximum absolute atomic E-state index is 13.4. The number of para-hydroxylation sites is 2. The fraction of sp³-hybridized carbons (Fsp3) is 0.0833. The molecule has 0 saturated carbocycles. The van der Waals surface area contributed by atoms with Gasteiger partial charge in [0, 0.05) is 11.4 Å². The summed E-state index contributed by atoms with van der Waals surface area (Å²) >= 11 is 0. The van der Waals surface area contributed by atoms with E-state index in [1.165, 1.54) is 17.0 Å². The molecule has 1 aliphatic rings. The minimum absolute atomic E-state index is 0.339. The van der Waals surface area contributed by atoms with Crippen LogP contribution < -0.4 is 15.5 Å². The van der Waals surface area contributed by atoms with E-state index in [4.69, 9.17) is 0 Å². The van der Waals surface area contributed by atoms with Crippen molar-refractivity contribution in [2.24, 2.45) is 0 Å². The van der Waals surface area contributed by atoms with Crippen molar-refractivity contribution in [1.82, 2.24) is 5.32 Å². The summed E-state index contributed by atoms with van der Waals surface area (Å²) < 4.78 is 13.4. The smallest absolute Gasteiger partial charge is 0.326 e. The third kappa shape index (κ3) is 3.80. The van der Waals surface area contributed by atoms with Crippen molar-refractivity contribution in [2.45, 2.75) is 13.0 Å². The summed E-state index contributed by atoms with van der Waals surface area (Å²) in [6.07, 6.45) is 0. The van der Waals surface area contributed by atoms with Gasteiger partial charge >= 0.3 is 6.03 Å². The van der Waals surface area contributed by atoms with Crippen molar-refractivity contribution in [2.75, 3.05) is 10.2 Å². The van der Waals surface area contributed by atoms with Crippen LogP contribution in [-0.4, -0.2) is 11.9 Å². The van der Waals surface area contributed by atoms with Gasteiger partial charge in [0.2, 0.25) is 0 Å². The highest BCUT2D eigenvalue weighted by Crippen LogP contribution is 2.34. The molecular weight excluding hydrogens is 381 g/mol. The fourth-order valence-corrected chi connectivity index (χ4v) is 3.55. The highest BCUT2D eigenvalue weighted by molar-refractivity contribution is 6.09. The first kappa shape index (κ1) is 19.4. The van der Waals surface area contributed by atoms with Gasteiger partial charge < -0.3 is 10.6 Å². The standard InChI is InChI=1S/C24H20FN3O2/c1-16-21(23(29)26-19-8-4-2-5-9-19)22(17-12-14-18(25)15-13-17)27-24(30)28(16)20-10-6-3-7-11-20/h2-15,22H,1H3,(H,26,29)(H,27,30). The van der Waals surface area contributed by atoms with Gasteiger partial charge in [0.05, 0.1) is 17.3 Å². The van der Waals surface area contributed by atoms with E-state index in [1.807, 2.05) is 36.4 Å². The number of hydrogen-bond acceptors (Lipinski definition) is 2. The van der Waals surface area contributed by atoms with Crippen LogP contribution in [0.3, 0.4) is 0 Å². The molecule has 0 radical (unpaired) electrons. The highest BCUT2D eigenvalue weighted by atomic mass is 19.1. The van der Waals surface area contributed by atoms with E-state index in [9.17, 15) is 14.0 Å². The lowest BCUT2D eigenvalue weighted by Crippen LogP contribution is -2.48. The number of benzene rings is 3. The van der Waals surface area contributed by atoms with Crippen LogP contribution in [0.2, 0.25) is 0 Å². The van der Waals surface area contributed by atoms with E-state index in [-0.39, 0.29) is 17.8 Å². The summed E-state index contributed by atoms with van der Waals surface area (Å²) in [5, 5.41) is 5.78. The molecule has 0 bridgehead atoms. The second-order valence-electron chi connectivity index (χ2n) is 6.92. The Morgan fingerprint density at radius 2 is 1.53 bits per heavy atom. The number of amides is 3. The summed E-state index contributed by atoms with van der Waals surface area (Å²) in [5.41, 5.74) is 2.80. The lowest BCUT2D eigenvalue weighted by molar-refractivity contribution is -0.113. The van der Waals surface area contributed by atoms with Crippen molar-refractivity contribution in [1.29, 1.82) is 0 Å². The minimum atomic E-state index is -0.707. The van der Waals surface area contributed by atoms with E-state index in [0.717, 1.165) is 0 Å². The summed E-state index contributed by atoms with van der Waals surface area (Å²) in [6, 6.07) is 22.9. The number of hydrogen-bond donors (Lipinski definition) is 2. The van der Waals surface area contributed by atoms with Crippen molar-refractivity contribution in [3.8, 4) is 0 Å². The molecule has 4 rings (SSSR count). The zero-order valence-corrected chi connectivity index (χ0v) is 16.3. The normalized spacial score (nSPS) is 16.3. The van der Waals surface area contributed by atoms with Gasteiger partial charge in [0.15, 0.2) is 0 Å². The summed E-state index contributed by atoms with van der Waals surface area (Å²) in [4.78, 5) is 27.7. The molecule has 0 saturated heterocycles. The fourth-order valence-electron chi connectivity index (χ4n) is 3.55. The Morgan fingerprint density at radius 3 is 2.17 bits per heavy atom. The quantitative estimate of drug-likeness (QED) is 0.646. The Bertz CT molecular complexity index is 1100. The minimum Gasteiger partial charge on any atom is -0.326 e. The van der Waals surface area contributed by atoms with Crippen LogP contribution in [0.4, 0.5) is 20.6 Å². The van der Waals surface area contributed by atoms with Gasteiger partial charge in [0.25, 0.3) is 5.91 Å². The van der Waals surface area contributed by atoms with Gasteiger partial charge in [-0.05, 0) is 48.9 Å². The van der Waals surface area contributed by atoms with Crippen LogP contribution in [0.15, 0.2) is 96.2 Å². The molecule has 1 aliphatic heterocycles. The van der Waals surface area contributed by atoms with E-state index in [2.05, 4.69) is 10.6 Å². The van der Waals surface area contributed by atoms with Crippen molar-refractivity contribution >= 4 is 23.3 Å². The molecule has 3 aromatic carbocycles. The molecule has 0 spiro atoms. The number of carbonyl (C=O) groups excluding carboxylic acids is 2. The van der Waals surface area contributed by atoms with Crippen LogP contribution in [-0.2, 0) is 4.79 Å². The lowest BCUT2D eigenvalue weighted by Gasteiger charge is -2.35. The Hall–Kier alpha value is -3.93. The van der Waals surface area contributed by atoms with Crippen LogP contribution in [0.5, 0.6) is 0 Å². The predicted octanol–water partition coefficient (Wildman–Crippen LogP) is 5.01. The molecule has 30 heavy (non-hydrogen) atoms. The van der Waals surface area contributed by atoms with Gasteiger partial charge in [-0.25, -0.2) is 9.18 Å². The Balaban J connectivity index is 1.80. The Labute approximate surface area is 173 Å². The first-order chi connectivity index (χ1) is 14.5. The predicted molar refractivity (Wildman–Crippen MR) is 114 cm³/mol. The molecule has 1 heterocycles. The van der Waals surface area contributed by atoms with E-state index >= 15 is 0 Å². The molecule has 150 valence electrons. The summed E-state index contributed by atoms with van der Waals surface area (Å²) in [5.74, 6) is -0.725.